The fraction of sp³-hybridized carbons (Fsp3) is 0.800. The van der Waals surface area contributed by atoms with Crippen LogP contribution in [0.4, 0.5) is 0 Å². The summed E-state index contributed by atoms with van der Waals surface area (Å²) in [7, 11) is 0. The molecule has 1 heterocycles. The van der Waals surface area contributed by atoms with Crippen molar-refractivity contribution in [2.24, 2.45) is 5.92 Å². The first-order valence-electron chi connectivity index (χ1n) is 4.78. The minimum Gasteiger partial charge on any atom is -0.317 e. The molecule has 2 heteroatoms. The monoisotopic (exact) mass is 185 g/mol. The molecule has 1 N–H and O–H groups in total. The van der Waals surface area contributed by atoms with Gasteiger partial charge >= 0.3 is 0 Å². The first-order valence-corrected chi connectivity index (χ1v) is 5.82. The van der Waals surface area contributed by atoms with E-state index in [9.17, 15) is 0 Å². The average molecular weight is 185 g/mol. The van der Waals surface area contributed by atoms with Gasteiger partial charge in [0.2, 0.25) is 0 Å². The lowest BCUT2D eigenvalue weighted by molar-refractivity contribution is 0.373. The number of hydrogen-bond acceptors (Lipinski definition) is 2. The second-order valence-electron chi connectivity index (χ2n) is 3.41. The van der Waals surface area contributed by atoms with E-state index >= 15 is 0 Å². The lowest BCUT2D eigenvalue weighted by Crippen LogP contribution is -2.31. The smallest absolute Gasteiger partial charge is 0.0113 e. The van der Waals surface area contributed by atoms with Crippen molar-refractivity contribution >= 4 is 11.8 Å². The topological polar surface area (TPSA) is 12.0 Å². The highest BCUT2D eigenvalue weighted by Crippen LogP contribution is 2.25. The van der Waals surface area contributed by atoms with Crippen molar-refractivity contribution in [1.29, 1.82) is 0 Å². The van der Waals surface area contributed by atoms with Gasteiger partial charge in [0, 0.05) is 11.0 Å². The second kappa shape index (κ2) is 5.65. The van der Waals surface area contributed by atoms with Crippen LogP contribution in [0, 0.1) is 5.92 Å². The first kappa shape index (κ1) is 10.1. The fourth-order valence-electron chi connectivity index (χ4n) is 1.67. The van der Waals surface area contributed by atoms with Gasteiger partial charge in [-0.1, -0.05) is 13.0 Å². The van der Waals surface area contributed by atoms with Gasteiger partial charge in [-0.25, -0.2) is 0 Å². The molecule has 0 amide bonds. The largest absolute Gasteiger partial charge is 0.317 e. The Balaban J connectivity index is 2.19. The summed E-state index contributed by atoms with van der Waals surface area (Å²) in [5.41, 5.74) is 0. The van der Waals surface area contributed by atoms with Gasteiger partial charge in [0.25, 0.3) is 0 Å². The summed E-state index contributed by atoms with van der Waals surface area (Å²) in [5.74, 6) is 2.03. The number of thioether (sulfide) groups is 1. The third-order valence-electron chi connectivity index (χ3n) is 2.52. The van der Waals surface area contributed by atoms with Gasteiger partial charge in [-0.15, -0.1) is 6.58 Å². The van der Waals surface area contributed by atoms with E-state index in [1.165, 1.54) is 25.9 Å². The van der Waals surface area contributed by atoms with E-state index in [0.29, 0.717) is 0 Å². The molecule has 0 spiro atoms. The average Bonchev–Trinajstić information content (AvgIpc) is 2.15. The highest BCUT2D eigenvalue weighted by atomic mass is 32.2. The van der Waals surface area contributed by atoms with Gasteiger partial charge in [-0.2, -0.15) is 11.8 Å². The minimum atomic E-state index is 0.810. The number of hydrogen-bond donors (Lipinski definition) is 1. The zero-order chi connectivity index (χ0) is 8.81. The lowest BCUT2D eigenvalue weighted by atomic mass is 9.95. The number of piperidine rings is 1. The zero-order valence-electron chi connectivity index (χ0n) is 7.88. The Hall–Kier alpha value is 0.0500. The van der Waals surface area contributed by atoms with E-state index in [4.69, 9.17) is 0 Å². The molecule has 1 aliphatic rings. The molecule has 1 fully saturated rings. The molecule has 1 atom stereocenters. The van der Waals surface area contributed by atoms with E-state index in [1.807, 2.05) is 17.8 Å². The maximum absolute atomic E-state index is 3.74. The summed E-state index contributed by atoms with van der Waals surface area (Å²) in [6.45, 7) is 8.52. The Kier molecular flexibility index (Phi) is 4.77. The third kappa shape index (κ3) is 3.20. The van der Waals surface area contributed by atoms with E-state index in [-0.39, 0.29) is 0 Å². The van der Waals surface area contributed by atoms with Crippen molar-refractivity contribution in [3.63, 3.8) is 0 Å². The van der Waals surface area contributed by atoms with Crippen LogP contribution in [0.2, 0.25) is 0 Å². The molecule has 1 rings (SSSR count). The van der Waals surface area contributed by atoms with Crippen LogP contribution in [-0.2, 0) is 0 Å². The van der Waals surface area contributed by atoms with E-state index < -0.39 is 0 Å². The SMILES string of the molecule is C=CCSC(C)C1CCNCC1. The highest BCUT2D eigenvalue weighted by molar-refractivity contribution is 8.00. The van der Waals surface area contributed by atoms with Crippen LogP contribution in [0.25, 0.3) is 0 Å². The molecule has 0 radical (unpaired) electrons. The Morgan fingerprint density at radius 1 is 1.58 bits per heavy atom. The van der Waals surface area contributed by atoms with Gasteiger partial charge in [0.1, 0.15) is 0 Å². The third-order valence-corrected chi connectivity index (χ3v) is 3.86. The molecule has 12 heavy (non-hydrogen) atoms. The minimum absolute atomic E-state index is 0.810. The van der Waals surface area contributed by atoms with Crippen molar-refractivity contribution < 1.29 is 0 Å². The van der Waals surface area contributed by atoms with Crippen LogP contribution in [-0.4, -0.2) is 24.1 Å². The number of nitrogens with one attached hydrogen (secondary N) is 1. The molecule has 0 aromatic heterocycles. The summed E-state index contributed by atoms with van der Waals surface area (Å²) < 4.78 is 0. The molecule has 0 saturated carbocycles. The van der Waals surface area contributed by atoms with Crippen LogP contribution in [0.3, 0.4) is 0 Å². The molecule has 1 saturated heterocycles. The molecule has 1 nitrogen and oxygen atoms in total. The zero-order valence-corrected chi connectivity index (χ0v) is 8.70. The van der Waals surface area contributed by atoms with Crippen molar-refractivity contribution in [1.82, 2.24) is 5.32 Å². The fourth-order valence-corrected chi connectivity index (χ4v) is 2.65. The molecule has 1 aliphatic heterocycles. The quantitative estimate of drug-likeness (QED) is 0.674. The van der Waals surface area contributed by atoms with E-state index in [2.05, 4.69) is 18.8 Å². The van der Waals surface area contributed by atoms with Crippen LogP contribution < -0.4 is 5.32 Å². The summed E-state index contributed by atoms with van der Waals surface area (Å²) in [6, 6.07) is 0. The predicted molar refractivity (Wildman–Crippen MR) is 57.7 cm³/mol. The van der Waals surface area contributed by atoms with Crippen molar-refractivity contribution in [3.8, 4) is 0 Å². The molecule has 0 aromatic rings. The Labute approximate surface area is 80.0 Å². The van der Waals surface area contributed by atoms with Gasteiger partial charge in [0.05, 0.1) is 0 Å². The van der Waals surface area contributed by atoms with E-state index in [1.54, 1.807) is 0 Å². The van der Waals surface area contributed by atoms with Gasteiger partial charge in [-0.05, 0) is 31.8 Å². The van der Waals surface area contributed by atoms with Crippen molar-refractivity contribution in [2.75, 3.05) is 18.8 Å². The molecular weight excluding hydrogens is 166 g/mol. The van der Waals surface area contributed by atoms with Crippen molar-refractivity contribution in [2.45, 2.75) is 25.0 Å². The lowest BCUT2D eigenvalue weighted by Gasteiger charge is -2.27. The second-order valence-corrected chi connectivity index (χ2v) is 4.82. The standard InChI is InChI=1S/C10H19NS/c1-3-8-12-9(2)10-4-6-11-7-5-10/h3,9-11H,1,4-8H2,2H3. The molecule has 1 unspecified atom stereocenters. The molecule has 0 bridgehead atoms. The normalized spacial score (nSPS) is 22.1. The van der Waals surface area contributed by atoms with Gasteiger partial charge in [0.15, 0.2) is 0 Å². The van der Waals surface area contributed by atoms with Crippen LogP contribution >= 0.6 is 11.8 Å². The Morgan fingerprint density at radius 3 is 2.83 bits per heavy atom. The Morgan fingerprint density at radius 2 is 2.25 bits per heavy atom. The van der Waals surface area contributed by atoms with Gasteiger partial charge < -0.3 is 5.32 Å². The van der Waals surface area contributed by atoms with Crippen LogP contribution in [0.1, 0.15) is 19.8 Å². The molecular formula is C10H19NS. The van der Waals surface area contributed by atoms with Crippen LogP contribution in [0.5, 0.6) is 0 Å². The highest BCUT2D eigenvalue weighted by Gasteiger charge is 2.19. The molecule has 70 valence electrons. The maximum atomic E-state index is 3.74. The first-order chi connectivity index (χ1) is 5.84. The van der Waals surface area contributed by atoms with Crippen LogP contribution in [0.15, 0.2) is 12.7 Å². The summed E-state index contributed by atoms with van der Waals surface area (Å²) in [6.07, 6.45) is 4.71. The van der Waals surface area contributed by atoms with Crippen molar-refractivity contribution in [3.05, 3.63) is 12.7 Å². The maximum Gasteiger partial charge on any atom is 0.0113 e. The number of rotatable bonds is 4. The predicted octanol–water partition coefficient (Wildman–Crippen LogP) is 2.29. The summed E-state index contributed by atoms with van der Waals surface area (Å²) >= 11 is 2.04. The summed E-state index contributed by atoms with van der Waals surface area (Å²) in [5, 5.41) is 4.21. The van der Waals surface area contributed by atoms with E-state index in [0.717, 1.165) is 16.9 Å². The molecule has 0 aromatic carbocycles. The molecule has 0 aliphatic carbocycles. The van der Waals surface area contributed by atoms with Gasteiger partial charge in [-0.3, -0.25) is 0 Å². The summed E-state index contributed by atoms with van der Waals surface area (Å²) in [4.78, 5) is 0. The Bertz CT molecular complexity index is 130.